The molecule has 1 aliphatic heterocycles. The lowest BCUT2D eigenvalue weighted by Gasteiger charge is -2.28. The molecule has 0 aliphatic carbocycles. The van der Waals surface area contributed by atoms with Gasteiger partial charge in [-0.2, -0.15) is 0 Å². The fraction of sp³-hybridized carbons (Fsp3) is 0.353. The molecule has 21 heavy (non-hydrogen) atoms. The second-order valence-electron chi connectivity index (χ2n) is 5.49. The molecule has 3 aromatic rings. The lowest BCUT2D eigenvalue weighted by Crippen LogP contribution is -2.29. The molecule has 0 N–H and O–H groups in total. The maximum Gasteiger partial charge on any atom is 0.179 e. The normalized spacial score (nSPS) is 15.8. The van der Waals surface area contributed by atoms with Gasteiger partial charge in [0.05, 0.1) is 18.2 Å². The molecule has 1 aromatic carbocycles. The maximum absolute atomic E-state index is 6.13. The molecule has 0 saturated carbocycles. The first-order chi connectivity index (χ1) is 10.4. The SMILES string of the molecule is COc1cccc2c1oc1c(N3CCCCC3)ccnc12. The van der Waals surface area contributed by atoms with Gasteiger partial charge in [-0.15, -0.1) is 0 Å². The Morgan fingerprint density at radius 1 is 1.10 bits per heavy atom. The Hall–Kier alpha value is -2.23. The highest BCUT2D eigenvalue weighted by atomic mass is 16.5. The van der Waals surface area contributed by atoms with Gasteiger partial charge in [0.2, 0.25) is 0 Å². The van der Waals surface area contributed by atoms with Crippen molar-refractivity contribution in [3.05, 3.63) is 30.5 Å². The van der Waals surface area contributed by atoms with Gasteiger partial charge >= 0.3 is 0 Å². The smallest absolute Gasteiger partial charge is 0.179 e. The maximum atomic E-state index is 6.13. The molecule has 4 heteroatoms. The van der Waals surface area contributed by atoms with E-state index in [0.717, 1.165) is 46.6 Å². The van der Waals surface area contributed by atoms with Crippen LogP contribution in [0.3, 0.4) is 0 Å². The van der Waals surface area contributed by atoms with Crippen molar-refractivity contribution < 1.29 is 9.15 Å². The van der Waals surface area contributed by atoms with Gasteiger partial charge in [-0.25, -0.2) is 0 Å². The van der Waals surface area contributed by atoms with E-state index < -0.39 is 0 Å². The van der Waals surface area contributed by atoms with Crippen molar-refractivity contribution in [2.45, 2.75) is 19.3 Å². The highest BCUT2D eigenvalue weighted by Crippen LogP contribution is 2.38. The third kappa shape index (κ3) is 1.94. The van der Waals surface area contributed by atoms with E-state index in [1.807, 2.05) is 24.4 Å². The molecule has 4 rings (SSSR count). The lowest BCUT2D eigenvalue weighted by molar-refractivity contribution is 0.412. The van der Waals surface area contributed by atoms with Crippen LogP contribution in [0.15, 0.2) is 34.9 Å². The molecular weight excluding hydrogens is 264 g/mol. The largest absolute Gasteiger partial charge is 0.493 e. The molecule has 4 nitrogen and oxygen atoms in total. The van der Waals surface area contributed by atoms with Gasteiger partial charge in [0.25, 0.3) is 0 Å². The molecular formula is C17H18N2O2. The number of ether oxygens (including phenoxy) is 1. The second kappa shape index (κ2) is 4.95. The molecule has 108 valence electrons. The number of methoxy groups -OCH3 is 1. The van der Waals surface area contributed by atoms with Crippen molar-refractivity contribution in [2.24, 2.45) is 0 Å². The summed E-state index contributed by atoms with van der Waals surface area (Å²) in [5.74, 6) is 0.759. The molecule has 2 aromatic heterocycles. The van der Waals surface area contributed by atoms with E-state index in [2.05, 4.69) is 16.0 Å². The van der Waals surface area contributed by atoms with Gasteiger partial charge in [0.15, 0.2) is 16.9 Å². The number of hydrogen-bond donors (Lipinski definition) is 0. The van der Waals surface area contributed by atoms with E-state index >= 15 is 0 Å². The standard InChI is InChI=1S/C17H18N2O2/c1-20-14-7-5-6-12-15-17(21-16(12)14)13(8-9-18-15)19-10-3-2-4-11-19/h5-9H,2-4,10-11H2,1H3. The topological polar surface area (TPSA) is 38.5 Å². The number of anilines is 1. The fourth-order valence-electron chi connectivity index (χ4n) is 3.18. The summed E-state index contributed by atoms with van der Waals surface area (Å²) in [5.41, 5.74) is 3.73. The summed E-state index contributed by atoms with van der Waals surface area (Å²) in [7, 11) is 1.67. The first-order valence-corrected chi connectivity index (χ1v) is 7.47. The zero-order valence-corrected chi connectivity index (χ0v) is 12.1. The number of benzene rings is 1. The van der Waals surface area contributed by atoms with Crippen LogP contribution in [0.4, 0.5) is 5.69 Å². The van der Waals surface area contributed by atoms with E-state index in [0.29, 0.717) is 0 Å². The van der Waals surface area contributed by atoms with Gasteiger partial charge in [-0.3, -0.25) is 4.98 Å². The summed E-state index contributed by atoms with van der Waals surface area (Å²) in [6.45, 7) is 2.18. The number of pyridine rings is 1. The molecule has 0 bridgehead atoms. The first kappa shape index (κ1) is 12.5. The first-order valence-electron chi connectivity index (χ1n) is 7.47. The predicted octanol–water partition coefficient (Wildman–Crippen LogP) is 3.98. The van der Waals surface area contributed by atoms with Crippen molar-refractivity contribution in [1.82, 2.24) is 4.98 Å². The number of furan rings is 1. The summed E-state index contributed by atoms with van der Waals surface area (Å²) >= 11 is 0. The zero-order chi connectivity index (χ0) is 14.2. The van der Waals surface area contributed by atoms with Crippen molar-refractivity contribution in [1.29, 1.82) is 0 Å². The minimum atomic E-state index is 0.759. The number of fused-ring (bicyclic) bond motifs is 3. The van der Waals surface area contributed by atoms with Crippen LogP contribution in [0.2, 0.25) is 0 Å². The van der Waals surface area contributed by atoms with Crippen molar-refractivity contribution in [3.63, 3.8) is 0 Å². The average molecular weight is 282 g/mol. The highest BCUT2D eigenvalue weighted by Gasteiger charge is 2.19. The Balaban J connectivity index is 1.96. The Labute approximate surface area is 123 Å². The summed E-state index contributed by atoms with van der Waals surface area (Å²) in [6.07, 6.45) is 5.68. The third-order valence-electron chi connectivity index (χ3n) is 4.24. The van der Waals surface area contributed by atoms with E-state index in [-0.39, 0.29) is 0 Å². The van der Waals surface area contributed by atoms with Gasteiger partial charge in [-0.1, -0.05) is 6.07 Å². The van der Waals surface area contributed by atoms with Crippen LogP contribution in [-0.2, 0) is 0 Å². The van der Waals surface area contributed by atoms with Crippen molar-refractivity contribution in [3.8, 4) is 5.75 Å². The molecule has 0 atom stereocenters. The minimum absolute atomic E-state index is 0.759. The average Bonchev–Trinajstić information content (AvgIpc) is 2.94. The molecule has 1 saturated heterocycles. The number of para-hydroxylation sites is 1. The van der Waals surface area contributed by atoms with E-state index in [1.54, 1.807) is 7.11 Å². The molecule has 0 amide bonds. The van der Waals surface area contributed by atoms with Crippen LogP contribution in [-0.4, -0.2) is 25.2 Å². The van der Waals surface area contributed by atoms with Crippen molar-refractivity contribution in [2.75, 3.05) is 25.1 Å². The highest BCUT2D eigenvalue weighted by molar-refractivity contribution is 6.08. The molecule has 1 aliphatic rings. The molecule has 0 unspecified atom stereocenters. The Morgan fingerprint density at radius 2 is 1.95 bits per heavy atom. The number of piperidine rings is 1. The number of hydrogen-bond acceptors (Lipinski definition) is 4. The van der Waals surface area contributed by atoms with Crippen molar-refractivity contribution >= 4 is 27.8 Å². The summed E-state index contributed by atoms with van der Waals surface area (Å²) < 4.78 is 11.5. The van der Waals surface area contributed by atoms with E-state index in [1.165, 1.54) is 19.3 Å². The second-order valence-corrected chi connectivity index (χ2v) is 5.49. The third-order valence-corrected chi connectivity index (χ3v) is 4.24. The molecule has 0 spiro atoms. The Kier molecular flexibility index (Phi) is 2.95. The van der Waals surface area contributed by atoms with Crippen LogP contribution in [0, 0.1) is 0 Å². The van der Waals surface area contributed by atoms with Crippen LogP contribution in [0.1, 0.15) is 19.3 Å². The van der Waals surface area contributed by atoms with Gasteiger partial charge < -0.3 is 14.1 Å². The summed E-state index contributed by atoms with van der Waals surface area (Å²) in [5, 5.41) is 1.02. The molecule has 3 heterocycles. The number of aromatic nitrogens is 1. The van der Waals surface area contributed by atoms with E-state index in [4.69, 9.17) is 9.15 Å². The predicted molar refractivity (Wildman–Crippen MR) is 84.1 cm³/mol. The quantitative estimate of drug-likeness (QED) is 0.712. The van der Waals surface area contributed by atoms with Crippen LogP contribution in [0.25, 0.3) is 22.1 Å². The summed E-state index contributed by atoms with van der Waals surface area (Å²) in [4.78, 5) is 6.93. The number of rotatable bonds is 2. The van der Waals surface area contributed by atoms with Gasteiger partial charge in [0.1, 0.15) is 5.52 Å². The van der Waals surface area contributed by atoms with E-state index in [9.17, 15) is 0 Å². The van der Waals surface area contributed by atoms with Gasteiger partial charge in [0, 0.05) is 19.3 Å². The minimum Gasteiger partial charge on any atom is -0.493 e. The molecule has 1 fully saturated rings. The Morgan fingerprint density at radius 3 is 2.76 bits per heavy atom. The Bertz CT molecular complexity index is 788. The monoisotopic (exact) mass is 282 g/mol. The summed E-state index contributed by atoms with van der Waals surface area (Å²) in [6, 6.07) is 8.00. The lowest BCUT2D eigenvalue weighted by atomic mass is 10.1. The van der Waals surface area contributed by atoms with Gasteiger partial charge in [-0.05, 0) is 37.5 Å². The zero-order valence-electron chi connectivity index (χ0n) is 12.1. The fourth-order valence-corrected chi connectivity index (χ4v) is 3.18. The van der Waals surface area contributed by atoms with Crippen LogP contribution >= 0.6 is 0 Å². The molecule has 0 radical (unpaired) electrons. The van der Waals surface area contributed by atoms with Crippen LogP contribution < -0.4 is 9.64 Å². The van der Waals surface area contributed by atoms with Crippen LogP contribution in [0.5, 0.6) is 5.75 Å². The number of nitrogens with zero attached hydrogens (tertiary/aromatic N) is 2.